The molecule has 51 heavy (non-hydrogen) atoms. The number of benzene rings is 8. The summed E-state index contributed by atoms with van der Waals surface area (Å²) in [4.78, 5) is 2.43. The van der Waals surface area contributed by atoms with Gasteiger partial charge in [0.15, 0.2) is 0 Å². The third-order valence-corrected chi connectivity index (χ3v) is 11.1. The molecular formula is C49H31NO. The molecule has 0 aliphatic heterocycles. The lowest BCUT2D eigenvalue weighted by Crippen LogP contribution is -2.26. The smallest absolute Gasteiger partial charge is 0.136 e. The lowest BCUT2D eigenvalue weighted by atomic mass is 9.70. The van der Waals surface area contributed by atoms with Crippen LogP contribution in [0.4, 0.5) is 17.1 Å². The minimum Gasteiger partial charge on any atom is -0.456 e. The summed E-state index contributed by atoms with van der Waals surface area (Å²) in [6.07, 6.45) is 0. The third-order valence-electron chi connectivity index (χ3n) is 11.1. The molecule has 0 saturated carbocycles. The van der Waals surface area contributed by atoms with Crippen molar-refractivity contribution in [1.29, 1.82) is 0 Å². The Morgan fingerprint density at radius 3 is 1.59 bits per heavy atom. The van der Waals surface area contributed by atoms with Crippen LogP contribution in [0.3, 0.4) is 0 Å². The molecule has 2 nitrogen and oxygen atoms in total. The van der Waals surface area contributed by atoms with E-state index in [1.807, 2.05) is 6.07 Å². The van der Waals surface area contributed by atoms with Crippen molar-refractivity contribution in [1.82, 2.24) is 0 Å². The third kappa shape index (κ3) is 3.82. The highest BCUT2D eigenvalue weighted by molar-refractivity contribution is 6.14. The molecule has 0 amide bonds. The minimum atomic E-state index is -0.418. The maximum absolute atomic E-state index is 6.36. The van der Waals surface area contributed by atoms with Gasteiger partial charge in [-0.05, 0) is 92.5 Å². The first-order valence-corrected chi connectivity index (χ1v) is 17.6. The standard InChI is InChI=1S/C49H31NO/c1-2-15-32(16-3-1)50(45-26-12-7-20-38(45)39-22-14-28-47-48(39)40-21-8-13-27-46(40)51-47)33-29-30-37-36-19-6-11-25-43(36)49(44(37)31-33)41-23-9-4-17-34(41)35-18-5-10-24-42(35)49/h1-31H. The molecule has 2 heteroatoms. The highest BCUT2D eigenvalue weighted by atomic mass is 16.3. The zero-order chi connectivity index (χ0) is 33.5. The Morgan fingerprint density at radius 2 is 0.882 bits per heavy atom. The van der Waals surface area contributed by atoms with E-state index in [4.69, 9.17) is 4.42 Å². The summed E-state index contributed by atoms with van der Waals surface area (Å²) in [6.45, 7) is 0. The van der Waals surface area contributed by atoms with Crippen molar-refractivity contribution in [3.63, 3.8) is 0 Å². The Kier molecular flexibility index (Phi) is 5.91. The van der Waals surface area contributed by atoms with Crippen LogP contribution in [-0.4, -0.2) is 0 Å². The lowest BCUT2D eigenvalue weighted by Gasteiger charge is -2.32. The molecule has 1 aromatic heterocycles. The second kappa shape index (κ2) is 10.7. The van der Waals surface area contributed by atoms with Gasteiger partial charge in [0, 0.05) is 27.7 Å². The number of furan rings is 1. The molecule has 2 aliphatic rings. The van der Waals surface area contributed by atoms with Gasteiger partial charge in [0.25, 0.3) is 0 Å². The van der Waals surface area contributed by atoms with Gasteiger partial charge in [0.2, 0.25) is 0 Å². The maximum atomic E-state index is 6.36. The van der Waals surface area contributed by atoms with Gasteiger partial charge in [-0.25, -0.2) is 0 Å². The largest absolute Gasteiger partial charge is 0.456 e. The molecule has 0 fully saturated rings. The van der Waals surface area contributed by atoms with Gasteiger partial charge in [-0.3, -0.25) is 0 Å². The maximum Gasteiger partial charge on any atom is 0.136 e. The number of para-hydroxylation sites is 3. The minimum absolute atomic E-state index is 0.418. The van der Waals surface area contributed by atoms with Crippen LogP contribution in [0.15, 0.2) is 192 Å². The van der Waals surface area contributed by atoms with E-state index in [0.29, 0.717) is 0 Å². The summed E-state index contributed by atoms with van der Waals surface area (Å²) < 4.78 is 6.36. The molecule has 2 aliphatic carbocycles. The lowest BCUT2D eigenvalue weighted by molar-refractivity contribution is 0.669. The second-order valence-corrected chi connectivity index (χ2v) is 13.6. The first-order valence-electron chi connectivity index (χ1n) is 17.6. The van der Waals surface area contributed by atoms with E-state index in [1.165, 1.54) is 44.5 Å². The van der Waals surface area contributed by atoms with Crippen LogP contribution < -0.4 is 4.90 Å². The molecule has 0 radical (unpaired) electrons. The predicted molar refractivity (Wildman–Crippen MR) is 210 cm³/mol. The molecule has 0 N–H and O–H groups in total. The van der Waals surface area contributed by atoms with E-state index < -0.39 is 5.41 Å². The average Bonchev–Trinajstić information content (AvgIpc) is 3.83. The van der Waals surface area contributed by atoms with Crippen molar-refractivity contribution in [2.75, 3.05) is 4.90 Å². The molecule has 0 unspecified atom stereocenters. The molecule has 238 valence electrons. The highest BCUT2D eigenvalue weighted by Crippen LogP contribution is 2.63. The highest BCUT2D eigenvalue weighted by Gasteiger charge is 2.51. The van der Waals surface area contributed by atoms with Crippen molar-refractivity contribution >= 4 is 39.0 Å². The number of hydrogen-bond donors (Lipinski definition) is 0. The Bertz CT molecular complexity index is 2760. The summed E-state index contributed by atoms with van der Waals surface area (Å²) in [5.74, 6) is 0. The summed E-state index contributed by atoms with van der Waals surface area (Å²) in [5, 5.41) is 2.26. The summed E-state index contributed by atoms with van der Waals surface area (Å²) in [5.41, 5.74) is 17.6. The normalized spacial score (nSPS) is 13.3. The molecule has 1 heterocycles. The van der Waals surface area contributed by atoms with E-state index >= 15 is 0 Å². The average molecular weight is 650 g/mol. The Balaban J connectivity index is 1.20. The Labute approximate surface area is 296 Å². The van der Waals surface area contributed by atoms with Gasteiger partial charge < -0.3 is 9.32 Å². The predicted octanol–water partition coefficient (Wildman–Crippen LogP) is 13.1. The zero-order valence-corrected chi connectivity index (χ0v) is 27.8. The van der Waals surface area contributed by atoms with E-state index in [-0.39, 0.29) is 0 Å². The number of fused-ring (bicyclic) bond motifs is 13. The molecule has 1 spiro atoms. The quantitative estimate of drug-likeness (QED) is 0.189. The van der Waals surface area contributed by atoms with Crippen LogP contribution in [0.2, 0.25) is 0 Å². The SMILES string of the molecule is c1ccc(N(c2ccc3c(c2)C2(c4ccccc4-c4ccccc42)c2ccccc2-3)c2ccccc2-c2cccc3oc4ccccc4c23)cc1. The van der Waals surface area contributed by atoms with Gasteiger partial charge in [-0.2, -0.15) is 0 Å². The molecule has 0 saturated heterocycles. The van der Waals surface area contributed by atoms with Crippen LogP contribution >= 0.6 is 0 Å². The fourth-order valence-electron chi connectivity index (χ4n) is 9.12. The van der Waals surface area contributed by atoms with Crippen molar-refractivity contribution in [3.8, 4) is 33.4 Å². The molecular weight excluding hydrogens is 619 g/mol. The number of rotatable bonds is 4. The van der Waals surface area contributed by atoms with Crippen LogP contribution in [0.5, 0.6) is 0 Å². The monoisotopic (exact) mass is 649 g/mol. The summed E-state index contributed by atoms with van der Waals surface area (Å²) in [7, 11) is 0. The first-order chi connectivity index (χ1) is 25.3. The van der Waals surface area contributed by atoms with Crippen LogP contribution in [0.25, 0.3) is 55.3 Å². The van der Waals surface area contributed by atoms with Gasteiger partial charge in [0.1, 0.15) is 11.2 Å². The van der Waals surface area contributed by atoms with Crippen molar-refractivity contribution in [2.24, 2.45) is 0 Å². The Morgan fingerprint density at radius 1 is 0.353 bits per heavy atom. The number of anilines is 3. The topological polar surface area (TPSA) is 16.4 Å². The van der Waals surface area contributed by atoms with Gasteiger partial charge in [0.05, 0.1) is 11.1 Å². The van der Waals surface area contributed by atoms with E-state index in [9.17, 15) is 0 Å². The van der Waals surface area contributed by atoms with Crippen LogP contribution in [0, 0.1) is 0 Å². The molecule has 11 rings (SSSR count). The zero-order valence-electron chi connectivity index (χ0n) is 27.8. The van der Waals surface area contributed by atoms with E-state index in [0.717, 1.165) is 50.1 Å². The first kappa shape index (κ1) is 28.2. The van der Waals surface area contributed by atoms with Gasteiger partial charge >= 0.3 is 0 Å². The molecule has 9 aromatic rings. The van der Waals surface area contributed by atoms with Crippen molar-refractivity contribution in [3.05, 3.63) is 210 Å². The molecule has 0 atom stereocenters. The summed E-state index contributed by atoms with van der Waals surface area (Å²) in [6, 6.07) is 68.5. The van der Waals surface area contributed by atoms with Crippen LogP contribution in [-0.2, 0) is 5.41 Å². The van der Waals surface area contributed by atoms with E-state index in [2.05, 4.69) is 187 Å². The molecule has 8 aromatic carbocycles. The fourth-order valence-corrected chi connectivity index (χ4v) is 9.12. The van der Waals surface area contributed by atoms with Crippen LogP contribution in [0.1, 0.15) is 22.3 Å². The Hall–Kier alpha value is -6.64. The summed E-state index contributed by atoms with van der Waals surface area (Å²) >= 11 is 0. The second-order valence-electron chi connectivity index (χ2n) is 13.6. The fraction of sp³-hybridized carbons (Fsp3) is 0.0204. The number of nitrogens with zero attached hydrogens (tertiary/aromatic N) is 1. The number of hydrogen-bond acceptors (Lipinski definition) is 2. The van der Waals surface area contributed by atoms with Crippen molar-refractivity contribution < 1.29 is 4.42 Å². The van der Waals surface area contributed by atoms with Gasteiger partial charge in [-0.1, -0.05) is 146 Å². The van der Waals surface area contributed by atoms with Gasteiger partial charge in [-0.15, -0.1) is 0 Å². The molecule has 0 bridgehead atoms. The van der Waals surface area contributed by atoms with E-state index in [1.54, 1.807) is 0 Å². The van der Waals surface area contributed by atoms with Crippen molar-refractivity contribution in [2.45, 2.75) is 5.41 Å².